The van der Waals surface area contributed by atoms with Crippen LogP contribution in [0.3, 0.4) is 0 Å². The molecule has 3 aromatic rings. The molecule has 0 bridgehead atoms. The summed E-state index contributed by atoms with van der Waals surface area (Å²) >= 11 is 12.2. The topological polar surface area (TPSA) is 92.7 Å². The molecule has 0 aromatic heterocycles. The van der Waals surface area contributed by atoms with Crippen molar-refractivity contribution in [1.29, 1.82) is 0 Å². The van der Waals surface area contributed by atoms with Gasteiger partial charge < -0.3 is 9.84 Å². The molecule has 2 N–H and O–H groups in total. The largest absolute Gasteiger partial charge is 0.495 e. The average Bonchev–Trinajstić information content (AvgIpc) is 2.75. The first-order valence-electron chi connectivity index (χ1n) is 8.72. The van der Waals surface area contributed by atoms with E-state index in [0.29, 0.717) is 11.1 Å². The third kappa shape index (κ3) is 5.12. The fourth-order valence-electron chi connectivity index (χ4n) is 2.60. The van der Waals surface area contributed by atoms with Crippen LogP contribution in [0.5, 0.6) is 5.75 Å². The third-order valence-corrected chi connectivity index (χ3v) is 6.55. The van der Waals surface area contributed by atoms with E-state index in [-0.39, 0.29) is 31.9 Å². The minimum atomic E-state index is -4.07. The molecule has 0 aliphatic rings. The fourth-order valence-corrected chi connectivity index (χ4v) is 4.52. The maximum atomic E-state index is 12.9. The molecule has 9 heteroatoms. The predicted molar refractivity (Wildman–Crippen MR) is 120 cm³/mol. The Hall–Kier alpha value is -3.18. The molecule has 0 atom stereocenters. The first-order chi connectivity index (χ1) is 14.7. The van der Waals surface area contributed by atoms with Gasteiger partial charge in [-0.1, -0.05) is 47.2 Å². The van der Waals surface area contributed by atoms with Crippen LogP contribution in [-0.2, 0) is 10.0 Å². The van der Waals surface area contributed by atoms with Crippen molar-refractivity contribution in [3.8, 4) is 17.6 Å². The van der Waals surface area contributed by atoms with E-state index in [1.807, 2.05) is 0 Å². The van der Waals surface area contributed by atoms with Crippen molar-refractivity contribution in [2.24, 2.45) is 0 Å². The van der Waals surface area contributed by atoms with Crippen LogP contribution < -0.4 is 9.46 Å². The molecule has 0 aliphatic carbocycles. The first kappa shape index (κ1) is 22.5. The van der Waals surface area contributed by atoms with Gasteiger partial charge in [0.05, 0.1) is 23.4 Å². The number of carbonyl (C=O) groups is 1. The van der Waals surface area contributed by atoms with E-state index in [0.717, 1.165) is 0 Å². The number of nitrogens with one attached hydrogen (secondary N) is 1. The lowest BCUT2D eigenvalue weighted by Crippen LogP contribution is -2.14. The van der Waals surface area contributed by atoms with E-state index < -0.39 is 16.0 Å². The molecular formula is C22H15Cl2NO5S. The van der Waals surface area contributed by atoms with Gasteiger partial charge >= 0.3 is 5.97 Å². The Morgan fingerprint density at radius 3 is 2.29 bits per heavy atom. The normalized spacial score (nSPS) is 10.7. The molecule has 0 radical (unpaired) electrons. The summed E-state index contributed by atoms with van der Waals surface area (Å²) in [5.74, 6) is 5.00. The number of anilines is 1. The van der Waals surface area contributed by atoms with Gasteiger partial charge in [0.15, 0.2) is 0 Å². The summed E-state index contributed by atoms with van der Waals surface area (Å²) in [7, 11) is -2.67. The number of hydrogen-bond acceptors (Lipinski definition) is 4. The quantitative estimate of drug-likeness (QED) is 0.511. The van der Waals surface area contributed by atoms with E-state index in [2.05, 4.69) is 16.6 Å². The Bertz CT molecular complexity index is 1310. The summed E-state index contributed by atoms with van der Waals surface area (Å²) in [6, 6.07) is 15.3. The summed E-state index contributed by atoms with van der Waals surface area (Å²) < 4.78 is 33.3. The average molecular weight is 476 g/mol. The summed E-state index contributed by atoms with van der Waals surface area (Å²) in [6.45, 7) is 0. The highest BCUT2D eigenvalue weighted by Gasteiger charge is 2.22. The van der Waals surface area contributed by atoms with Gasteiger partial charge in [0, 0.05) is 11.1 Å². The molecular weight excluding hydrogens is 461 g/mol. The number of benzene rings is 3. The molecule has 3 rings (SSSR count). The molecule has 0 aliphatic heterocycles. The summed E-state index contributed by atoms with van der Waals surface area (Å²) in [5, 5.41) is 8.80. The fraction of sp³-hybridized carbons (Fsp3) is 0.0455. The van der Waals surface area contributed by atoms with Crippen LogP contribution in [0.1, 0.15) is 21.5 Å². The molecule has 0 saturated heterocycles. The number of carboxylic acids is 1. The Balaban J connectivity index is 1.93. The molecule has 0 unspecified atom stereocenters. The van der Waals surface area contributed by atoms with Gasteiger partial charge in [-0.15, -0.1) is 0 Å². The van der Waals surface area contributed by atoms with Gasteiger partial charge in [0.1, 0.15) is 15.7 Å². The molecule has 6 nitrogen and oxygen atoms in total. The van der Waals surface area contributed by atoms with Crippen molar-refractivity contribution in [2.75, 3.05) is 11.8 Å². The van der Waals surface area contributed by atoms with Gasteiger partial charge in [-0.05, 0) is 48.5 Å². The van der Waals surface area contributed by atoms with Crippen LogP contribution in [0.25, 0.3) is 0 Å². The maximum absolute atomic E-state index is 12.9. The highest BCUT2D eigenvalue weighted by Crippen LogP contribution is 2.37. The highest BCUT2D eigenvalue weighted by atomic mass is 35.5. The molecule has 0 fully saturated rings. The summed E-state index contributed by atoms with van der Waals surface area (Å²) in [6.07, 6.45) is 0. The molecule has 0 amide bonds. The number of hydrogen-bond donors (Lipinski definition) is 2. The lowest BCUT2D eigenvalue weighted by Gasteiger charge is -2.13. The van der Waals surface area contributed by atoms with Gasteiger partial charge in [0.25, 0.3) is 10.0 Å². The van der Waals surface area contributed by atoms with Crippen molar-refractivity contribution >= 4 is 44.9 Å². The molecule has 158 valence electrons. The second-order valence-corrected chi connectivity index (χ2v) is 8.58. The Morgan fingerprint density at radius 2 is 1.65 bits per heavy atom. The maximum Gasteiger partial charge on any atom is 0.335 e. The number of para-hydroxylation sites is 1. The van der Waals surface area contributed by atoms with E-state index in [1.165, 1.54) is 31.4 Å². The minimum Gasteiger partial charge on any atom is -0.495 e. The zero-order valence-corrected chi connectivity index (χ0v) is 18.3. The second kappa shape index (κ2) is 9.31. The Kier molecular flexibility index (Phi) is 6.76. The third-order valence-electron chi connectivity index (χ3n) is 4.17. The highest BCUT2D eigenvalue weighted by molar-refractivity contribution is 7.92. The van der Waals surface area contributed by atoms with E-state index >= 15 is 0 Å². The first-order valence-corrected chi connectivity index (χ1v) is 11.0. The van der Waals surface area contributed by atoms with Crippen LogP contribution >= 0.6 is 23.2 Å². The van der Waals surface area contributed by atoms with Gasteiger partial charge in [0.2, 0.25) is 0 Å². The Labute approximate surface area is 189 Å². The number of rotatable bonds is 5. The second-order valence-electron chi connectivity index (χ2n) is 6.18. The zero-order chi connectivity index (χ0) is 22.6. The van der Waals surface area contributed by atoms with Crippen LogP contribution in [0.4, 0.5) is 5.69 Å². The number of sulfonamides is 1. The summed E-state index contributed by atoms with van der Waals surface area (Å²) in [4.78, 5) is 10.7. The molecule has 0 saturated carbocycles. The van der Waals surface area contributed by atoms with Crippen LogP contribution in [-0.4, -0.2) is 26.6 Å². The monoisotopic (exact) mass is 475 g/mol. The number of halogens is 2. The molecule has 0 spiro atoms. The smallest absolute Gasteiger partial charge is 0.335 e. The number of methoxy groups -OCH3 is 1. The number of aromatic carboxylic acids is 1. The summed E-state index contributed by atoms with van der Waals surface area (Å²) in [5.41, 5.74) is 1.39. The SMILES string of the molecule is COc1ccc(S(=O)(=O)Nc2ccccc2C#Cc2ccc(C(=O)O)cc2)c(Cl)c1Cl. The van der Waals surface area contributed by atoms with Crippen molar-refractivity contribution in [1.82, 2.24) is 0 Å². The van der Waals surface area contributed by atoms with Gasteiger partial charge in [-0.3, -0.25) is 4.72 Å². The van der Waals surface area contributed by atoms with Crippen molar-refractivity contribution in [3.05, 3.63) is 87.4 Å². The minimum absolute atomic E-state index is 0.00933. The van der Waals surface area contributed by atoms with Gasteiger partial charge in [-0.25, -0.2) is 13.2 Å². The van der Waals surface area contributed by atoms with E-state index in [1.54, 1.807) is 36.4 Å². The van der Waals surface area contributed by atoms with Crippen molar-refractivity contribution in [3.63, 3.8) is 0 Å². The van der Waals surface area contributed by atoms with Crippen LogP contribution in [0, 0.1) is 11.8 Å². The predicted octanol–water partition coefficient (Wildman–Crippen LogP) is 4.90. The molecule has 0 heterocycles. The molecule has 31 heavy (non-hydrogen) atoms. The zero-order valence-electron chi connectivity index (χ0n) is 16.0. The van der Waals surface area contributed by atoms with Crippen molar-refractivity contribution in [2.45, 2.75) is 4.90 Å². The van der Waals surface area contributed by atoms with Gasteiger partial charge in [-0.2, -0.15) is 0 Å². The lowest BCUT2D eigenvalue weighted by atomic mass is 10.1. The van der Waals surface area contributed by atoms with Crippen molar-refractivity contribution < 1.29 is 23.1 Å². The Morgan fingerprint density at radius 1 is 0.968 bits per heavy atom. The van der Waals surface area contributed by atoms with Crippen LogP contribution in [0.2, 0.25) is 10.0 Å². The van der Waals surface area contributed by atoms with E-state index in [9.17, 15) is 13.2 Å². The standard InChI is InChI=1S/C22H15Cl2NO5S/c1-30-18-12-13-19(21(24)20(18)23)31(28,29)25-17-5-3-2-4-15(17)9-6-14-7-10-16(11-8-14)22(26)27/h2-5,7-8,10-13,25H,1H3,(H,26,27). The lowest BCUT2D eigenvalue weighted by molar-refractivity contribution is 0.0697. The number of carboxylic acid groups (broad SMARTS) is 1. The number of ether oxygens (including phenoxy) is 1. The van der Waals surface area contributed by atoms with Crippen LogP contribution in [0.15, 0.2) is 65.6 Å². The van der Waals surface area contributed by atoms with E-state index in [4.69, 9.17) is 33.0 Å². The molecule has 3 aromatic carbocycles.